The number of nitrogens with zero attached hydrogens (tertiary/aromatic N) is 2. The van der Waals surface area contributed by atoms with Crippen molar-refractivity contribution in [3.8, 4) is 5.75 Å². The van der Waals surface area contributed by atoms with Crippen LogP contribution in [-0.2, 0) is 17.8 Å². The molecule has 8 heteroatoms. The second kappa shape index (κ2) is 9.99. The molecule has 0 atom stereocenters. The molecule has 34 heavy (non-hydrogen) atoms. The molecule has 6 nitrogen and oxygen atoms in total. The summed E-state index contributed by atoms with van der Waals surface area (Å²) in [7, 11) is 0. The monoisotopic (exact) mass is 496 g/mol. The van der Waals surface area contributed by atoms with E-state index >= 15 is 0 Å². The van der Waals surface area contributed by atoms with Gasteiger partial charge in [-0.3, -0.25) is 9.69 Å². The zero-order chi connectivity index (χ0) is 24.4. The second-order valence-corrected chi connectivity index (χ2v) is 9.42. The largest absolute Gasteiger partial charge is 0.487 e. The van der Waals surface area contributed by atoms with Crippen LogP contribution in [0.5, 0.6) is 5.75 Å². The van der Waals surface area contributed by atoms with Crippen LogP contribution in [0.1, 0.15) is 42.7 Å². The van der Waals surface area contributed by atoms with Crippen molar-refractivity contribution in [1.29, 1.82) is 0 Å². The molecule has 0 aliphatic heterocycles. The van der Waals surface area contributed by atoms with Crippen molar-refractivity contribution in [1.82, 2.24) is 4.98 Å². The molecule has 4 rings (SSSR count). The van der Waals surface area contributed by atoms with Crippen LogP contribution in [0.25, 0.3) is 11.0 Å². The van der Waals surface area contributed by atoms with Crippen molar-refractivity contribution in [2.45, 2.75) is 47.1 Å². The minimum Gasteiger partial charge on any atom is -0.487 e. The van der Waals surface area contributed by atoms with Crippen LogP contribution >= 0.6 is 22.9 Å². The SMILES string of the molecule is CCCc1cc(=O)oc2cc(OCc3csc(N(C(C)=O)c4c(C)cc(C)cc4Cl)n3)ccc12. The summed E-state index contributed by atoms with van der Waals surface area (Å²) < 4.78 is 11.3. The molecule has 2 heterocycles. The molecule has 0 saturated heterocycles. The van der Waals surface area contributed by atoms with Crippen molar-refractivity contribution >= 4 is 50.6 Å². The van der Waals surface area contributed by atoms with E-state index in [0.717, 1.165) is 34.9 Å². The standard InChI is InChI=1S/C26H25ClN2O4S/c1-5-6-18-11-24(31)33-23-12-20(7-8-21(18)23)32-13-19-14-34-26(28-19)29(17(4)30)25-16(3)9-15(2)10-22(25)27/h7-12,14H,5-6,13H2,1-4H3. The lowest BCUT2D eigenvalue weighted by molar-refractivity contribution is -0.115. The summed E-state index contributed by atoms with van der Waals surface area (Å²) in [6.45, 7) is 7.64. The topological polar surface area (TPSA) is 72.6 Å². The van der Waals surface area contributed by atoms with E-state index in [1.807, 2.05) is 43.5 Å². The first-order chi connectivity index (χ1) is 16.3. The van der Waals surface area contributed by atoms with Crippen LogP contribution in [0.2, 0.25) is 5.02 Å². The number of carbonyl (C=O) groups is 1. The Bertz CT molecular complexity index is 1400. The first kappa shape index (κ1) is 24.0. The van der Waals surface area contributed by atoms with Gasteiger partial charge in [0.2, 0.25) is 5.91 Å². The zero-order valence-corrected chi connectivity index (χ0v) is 21.0. The van der Waals surface area contributed by atoms with Gasteiger partial charge < -0.3 is 9.15 Å². The van der Waals surface area contributed by atoms with Crippen molar-refractivity contribution < 1.29 is 13.9 Å². The number of aryl methyl sites for hydroxylation is 3. The van der Waals surface area contributed by atoms with Gasteiger partial charge in [-0.1, -0.05) is 31.0 Å². The quantitative estimate of drug-likeness (QED) is 0.265. The van der Waals surface area contributed by atoms with Gasteiger partial charge in [0.1, 0.15) is 17.9 Å². The molecule has 0 N–H and O–H groups in total. The Morgan fingerprint density at radius 2 is 2.00 bits per heavy atom. The predicted octanol–water partition coefficient (Wildman–Crippen LogP) is 6.74. The molecular weight excluding hydrogens is 472 g/mol. The Kier molecular flexibility index (Phi) is 7.05. The zero-order valence-electron chi connectivity index (χ0n) is 19.5. The smallest absolute Gasteiger partial charge is 0.336 e. The number of hydrogen-bond acceptors (Lipinski definition) is 6. The number of aromatic nitrogens is 1. The average molecular weight is 497 g/mol. The number of halogens is 1. The number of hydrogen-bond donors (Lipinski definition) is 0. The maximum atomic E-state index is 12.5. The van der Waals surface area contributed by atoms with Gasteiger partial charge in [-0.05, 0) is 55.2 Å². The van der Waals surface area contributed by atoms with Crippen LogP contribution in [-0.4, -0.2) is 10.9 Å². The highest BCUT2D eigenvalue weighted by atomic mass is 35.5. The summed E-state index contributed by atoms with van der Waals surface area (Å²) in [6.07, 6.45) is 1.74. The van der Waals surface area contributed by atoms with E-state index in [0.29, 0.717) is 32.9 Å². The Morgan fingerprint density at radius 1 is 1.21 bits per heavy atom. The number of rotatable bonds is 7. The van der Waals surface area contributed by atoms with E-state index in [4.69, 9.17) is 20.8 Å². The maximum Gasteiger partial charge on any atom is 0.336 e. The third-order valence-corrected chi connectivity index (χ3v) is 6.54. The van der Waals surface area contributed by atoms with Crippen molar-refractivity contribution in [2.24, 2.45) is 0 Å². The number of carbonyl (C=O) groups excluding carboxylic acids is 1. The molecule has 2 aromatic heterocycles. The number of benzene rings is 2. The maximum absolute atomic E-state index is 12.5. The van der Waals surface area contributed by atoms with Crippen molar-refractivity contribution in [3.63, 3.8) is 0 Å². The normalized spacial score (nSPS) is 11.1. The number of thiazole rings is 1. The van der Waals surface area contributed by atoms with Crippen molar-refractivity contribution in [2.75, 3.05) is 4.90 Å². The van der Waals surface area contributed by atoms with E-state index in [-0.39, 0.29) is 18.1 Å². The van der Waals surface area contributed by atoms with Crippen LogP contribution in [0.3, 0.4) is 0 Å². The van der Waals surface area contributed by atoms with Crippen LogP contribution in [0, 0.1) is 13.8 Å². The van der Waals surface area contributed by atoms with E-state index in [2.05, 4.69) is 11.9 Å². The number of fused-ring (bicyclic) bond motifs is 1. The highest BCUT2D eigenvalue weighted by molar-refractivity contribution is 7.14. The van der Waals surface area contributed by atoms with Crippen LogP contribution in [0.4, 0.5) is 10.8 Å². The first-order valence-electron chi connectivity index (χ1n) is 11.0. The Labute approximate surface area is 206 Å². The molecule has 2 aromatic carbocycles. The summed E-state index contributed by atoms with van der Waals surface area (Å²) in [5.41, 5.74) is 4.33. The Balaban J connectivity index is 1.56. The highest BCUT2D eigenvalue weighted by Crippen LogP contribution is 2.37. The summed E-state index contributed by atoms with van der Waals surface area (Å²) in [5.74, 6) is 0.391. The summed E-state index contributed by atoms with van der Waals surface area (Å²) in [6, 6.07) is 10.9. The third-order valence-electron chi connectivity index (χ3n) is 5.38. The molecule has 4 aromatic rings. The van der Waals surface area contributed by atoms with Gasteiger partial charge in [0.25, 0.3) is 0 Å². The summed E-state index contributed by atoms with van der Waals surface area (Å²) in [5, 5.41) is 3.78. The fourth-order valence-electron chi connectivity index (χ4n) is 3.98. The first-order valence-corrected chi connectivity index (χ1v) is 12.2. The minimum atomic E-state index is -0.369. The van der Waals surface area contributed by atoms with Gasteiger partial charge in [0.05, 0.1) is 16.4 Å². The van der Waals surface area contributed by atoms with Gasteiger partial charge >= 0.3 is 5.63 Å². The number of ether oxygens (including phenoxy) is 1. The molecule has 0 spiro atoms. The molecule has 0 bridgehead atoms. The molecule has 0 unspecified atom stereocenters. The predicted molar refractivity (Wildman–Crippen MR) is 137 cm³/mol. The average Bonchev–Trinajstić information content (AvgIpc) is 3.22. The van der Waals surface area contributed by atoms with Crippen LogP contribution in [0.15, 0.2) is 51.0 Å². The van der Waals surface area contributed by atoms with Crippen molar-refractivity contribution in [3.05, 3.63) is 79.6 Å². The molecule has 0 saturated carbocycles. The molecule has 0 aliphatic carbocycles. The molecular formula is C26H25ClN2O4S. The molecule has 0 aliphatic rings. The van der Waals surface area contributed by atoms with Gasteiger partial charge in [-0.2, -0.15) is 0 Å². The lowest BCUT2D eigenvalue weighted by Gasteiger charge is -2.22. The number of anilines is 2. The summed E-state index contributed by atoms with van der Waals surface area (Å²) >= 11 is 7.83. The lowest BCUT2D eigenvalue weighted by Crippen LogP contribution is -2.24. The minimum absolute atomic E-state index is 0.178. The molecule has 1 amide bonds. The Hall–Kier alpha value is -3.16. The van der Waals surface area contributed by atoms with Crippen LogP contribution < -0.4 is 15.3 Å². The molecule has 0 fully saturated rings. The van der Waals surface area contributed by atoms with Gasteiger partial charge in [0.15, 0.2) is 5.13 Å². The molecule has 176 valence electrons. The second-order valence-electron chi connectivity index (χ2n) is 8.18. The Morgan fingerprint density at radius 3 is 2.71 bits per heavy atom. The number of amides is 1. The van der Waals surface area contributed by atoms with Gasteiger partial charge in [-0.25, -0.2) is 9.78 Å². The summed E-state index contributed by atoms with van der Waals surface area (Å²) in [4.78, 5) is 30.6. The van der Waals surface area contributed by atoms with E-state index in [1.54, 1.807) is 12.1 Å². The highest BCUT2D eigenvalue weighted by Gasteiger charge is 2.22. The molecule has 0 radical (unpaired) electrons. The van der Waals surface area contributed by atoms with Gasteiger partial charge in [-0.15, -0.1) is 11.3 Å². The fraction of sp³-hybridized carbons (Fsp3) is 0.269. The fourth-order valence-corrected chi connectivity index (χ4v) is 5.24. The van der Waals surface area contributed by atoms with E-state index < -0.39 is 0 Å². The van der Waals surface area contributed by atoms with Gasteiger partial charge in [0, 0.05) is 29.8 Å². The van der Waals surface area contributed by atoms with E-state index in [1.165, 1.54) is 23.2 Å². The van der Waals surface area contributed by atoms with E-state index in [9.17, 15) is 9.59 Å². The lowest BCUT2D eigenvalue weighted by atomic mass is 10.1. The third kappa shape index (κ3) is 5.00.